The molecule has 1 atom stereocenters. The van der Waals surface area contributed by atoms with Gasteiger partial charge in [-0.1, -0.05) is 26.7 Å². The van der Waals surface area contributed by atoms with Gasteiger partial charge in [0.1, 0.15) is 0 Å². The lowest BCUT2D eigenvalue weighted by Crippen LogP contribution is -2.41. The molecule has 1 N–H and O–H groups in total. The second-order valence-corrected chi connectivity index (χ2v) is 5.60. The maximum absolute atomic E-state index is 3.83. The van der Waals surface area contributed by atoms with Crippen molar-refractivity contribution in [3.05, 3.63) is 0 Å². The van der Waals surface area contributed by atoms with Gasteiger partial charge in [0.15, 0.2) is 0 Å². The highest BCUT2D eigenvalue weighted by Crippen LogP contribution is 2.26. The van der Waals surface area contributed by atoms with Gasteiger partial charge >= 0.3 is 0 Å². The van der Waals surface area contributed by atoms with Gasteiger partial charge in [0.25, 0.3) is 0 Å². The van der Waals surface area contributed by atoms with Crippen molar-refractivity contribution in [3.8, 4) is 0 Å². The van der Waals surface area contributed by atoms with Crippen LogP contribution in [0.1, 0.15) is 58.8 Å². The molecule has 94 valence electrons. The fraction of sp³-hybridized carbons (Fsp3) is 1.00. The van der Waals surface area contributed by atoms with E-state index in [1.807, 2.05) is 0 Å². The first-order valence-electron chi connectivity index (χ1n) is 7.33. The highest BCUT2D eigenvalue weighted by atomic mass is 15.2. The summed E-state index contributed by atoms with van der Waals surface area (Å²) in [7, 11) is 0. The molecule has 2 aliphatic rings. The third-order valence-electron chi connectivity index (χ3n) is 4.52. The Balaban J connectivity index is 1.74. The molecule has 16 heavy (non-hydrogen) atoms. The summed E-state index contributed by atoms with van der Waals surface area (Å²) in [4.78, 5) is 2.74. The van der Waals surface area contributed by atoms with Gasteiger partial charge in [-0.2, -0.15) is 0 Å². The van der Waals surface area contributed by atoms with E-state index in [0.717, 1.165) is 18.1 Å². The van der Waals surface area contributed by atoms with Gasteiger partial charge in [0.2, 0.25) is 0 Å². The molecule has 0 bridgehead atoms. The van der Waals surface area contributed by atoms with E-state index in [0.29, 0.717) is 0 Å². The van der Waals surface area contributed by atoms with E-state index in [1.54, 1.807) is 0 Å². The minimum absolute atomic E-state index is 0.744. The zero-order chi connectivity index (χ0) is 11.4. The van der Waals surface area contributed by atoms with E-state index < -0.39 is 0 Å². The Morgan fingerprint density at radius 3 is 2.44 bits per heavy atom. The minimum atomic E-state index is 0.744. The number of likely N-dealkylation sites (tertiary alicyclic amines) is 1. The molecule has 2 fully saturated rings. The molecule has 1 saturated heterocycles. The summed E-state index contributed by atoms with van der Waals surface area (Å²) in [5.74, 6) is 0. The van der Waals surface area contributed by atoms with Crippen molar-refractivity contribution in [2.45, 2.75) is 76.9 Å². The van der Waals surface area contributed by atoms with Crippen LogP contribution < -0.4 is 5.32 Å². The summed E-state index contributed by atoms with van der Waals surface area (Å²) >= 11 is 0. The van der Waals surface area contributed by atoms with E-state index in [4.69, 9.17) is 0 Å². The molecule has 2 rings (SSSR count). The second-order valence-electron chi connectivity index (χ2n) is 5.60. The average molecular weight is 224 g/mol. The molecule has 0 amide bonds. The molecule has 1 saturated carbocycles. The van der Waals surface area contributed by atoms with Gasteiger partial charge in [-0.25, -0.2) is 0 Å². The lowest BCUT2D eigenvalue weighted by atomic mass is 10.1. The topological polar surface area (TPSA) is 15.3 Å². The zero-order valence-corrected chi connectivity index (χ0v) is 11.0. The lowest BCUT2D eigenvalue weighted by Gasteiger charge is -2.25. The van der Waals surface area contributed by atoms with E-state index in [1.165, 1.54) is 58.0 Å². The van der Waals surface area contributed by atoms with Crippen molar-refractivity contribution in [3.63, 3.8) is 0 Å². The molecule has 2 nitrogen and oxygen atoms in total. The normalized spacial score (nSPS) is 28.3. The highest BCUT2D eigenvalue weighted by Gasteiger charge is 2.30. The standard InChI is InChI=1S/C14H28N2/c1-3-12(4-2)15-13-9-10-16(11-13)14-7-5-6-8-14/h12-15H,3-11H2,1-2H3. The highest BCUT2D eigenvalue weighted by molar-refractivity contribution is 4.88. The Bertz CT molecular complexity index is 195. The average Bonchev–Trinajstić information content (AvgIpc) is 2.96. The van der Waals surface area contributed by atoms with E-state index >= 15 is 0 Å². The second kappa shape index (κ2) is 6.02. The van der Waals surface area contributed by atoms with Gasteiger partial charge < -0.3 is 5.32 Å². The summed E-state index contributed by atoms with van der Waals surface area (Å²) in [6.45, 7) is 7.24. The van der Waals surface area contributed by atoms with Crippen molar-refractivity contribution < 1.29 is 0 Å². The largest absolute Gasteiger partial charge is 0.310 e. The first kappa shape index (κ1) is 12.4. The van der Waals surface area contributed by atoms with Crippen LogP contribution in [0.3, 0.4) is 0 Å². The van der Waals surface area contributed by atoms with Gasteiger partial charge in [-0.3, -0.25) is 4.90 Å². The maximum Gasteiger partial charge on any atom is 0.0209 e. The Labute approximate surface area is 101 Å². The molecule has 1 heterocycles. The molecule has 0 spiro atoms. The molecule has 1 aliphatic carbocycles. The van der Waals surface area contributed by atoms with Crippen LogP contribution in [0.4, 0.5) is 0 Å². The van der Waals surface area contributed by atoms with Crippen molar-refractivity contribution >= 4 is 0 Å². The van der Waals surface area contributed by atoms with Gasteiger partial charge in [0.05, 0.1) is 0 Å². The van der Waals surface area contributed by atoms with Gasteiger partial charge in [-0.05, 0) is 32.1 Å². The third kappa shape index (κ3) is 2.98. The van der Waals surface area contributed by atoms with Crippen LogP contribution in [-0.4, -0.2) is 36.1 Å². The Morgan fingerprint density at radius 2 is 1.81 bits per heavy atom. The van der Waals surface area contributed by atoms with E-state index in [2.05, 4.69) is 24.1 Å². The van der Waals surface area contributed by atoms with Crippen LogP contribution in [0.5, 0.6) is 0 Å². The summed E-state index contributed by atoms with van der Waals surface area (Å²) in [6.07, 6.45) is 9.76. The lowest BCUT2D eigenvalue weighted by molar-refractivity contribution is 0.237. The molecule has 2 heteroatoms. The fourth-order valence-electron chi connectivity index (χ4n) is 3.38. The fourth-order valence-corrected chi connectivity index (χ4v) is 3.38. The third-order valence-corrected chi connectivity index (χ3v) is 4.52. The van der Waals surface area contributed by atoms with Crippen molar-refractivity contribution in [2.75, 3.05) is 13.1 Å². The molecular weight excluding hydrogens is 196 g/mol. The van der Waals surface area contributed by atoms with Crippen molar-refractivity contribution in [1.29, 1.82) is 0 Å². The SMILES string of the molecule is CCC(CC)NC1CCN(C2CCCC2)C1. The summed E-state index contributed by atoms with van der Waals surface area (Å²) in [5.41, 5.74) is 0. The van der Waals surface area contributed by atoms with Crippen LogP contribution in [-0.2, 0) is 0 Å². The summed E-state index contributed by atoms with van der Waals surface area (Å²) < 4.78 is 0. The van der Waals surface area contributed by atoms with E-state index in [-0.39, 0.29) is 0 Å². The van der Waals surface area contributed by atoms with Crippen LogP contribution >= 0.6 is 0 Å². The van der Waals surface area contributed by atoms with Crippen molar-refractivity contribution in [1.82, 2.24) is 10.2 Å². The molecule has 1 aliphatic heterocycles. The predicted octanol–water partition coefficient (Wildman–Crippen LogP) is 2.78. The molecule has 1 unspecified atom stereocenters. The molecule has 0 radical (unpaired) electrons. The van der Waals surface area contributed by atoms with Crippen molar-refractivity contribution in [2.24, 2.45) is 0 Å². The predicted molar refractivity (Wildman–Crippen MR) is 69.7 cm³/mol. The maximum atomic E-state index is 3.83. The summed E-state index contributed by atoms with van der Waals surface area (Å²) in [6, 6.07) is 2.44. The van der Waals surface area contributed by atoms with Crippen LogP contribution in [0.25, 0.3) is 0 Å². The van der Waals surface area contributed by atoms with Crippen LogP contribution in [0.15, 0.2) is 0 Å². The number of hydrogen-bond donors (Lipinski definition) is 1. The first-order chi connectivity index (χ1) is 7.83. The number of nitrogens with zero attached hydrogens (tertiary/aromatic N) is 1. The quantitative estimate of drug-likeness (QED) is 0.772. The monoisotopic (exact) mass is 224 g/mol. The molecular formula is C14H28N2. The molecule has 0 aromatic heterocycles. The number of nitrogens with one attached hydrogen (secondary N) is 1. The Morgan fingerprint density at radius 1 is 1.12 bits per heavy atom. The Kier molecular flexibility index (Phi) is 4.66. The Hall–Kier alpha value is -0.0800. The molecule has 0 aromatic rings. The van der Waals surface area contributed by atoms with Gasteiger partial charge in [-0.15, -0.1) is 0 Å². The van der Waals surface area contributed by atoms with Crippen LogP contribution in [0.2, 0.25) is 0 Å². The summed E-state index contributed by atoms with van der Waals surface area (Å²) in [5, 5.41) is 3.83. The molecule has 0 aromatic carbocycles. The van der Waals surface area contributed by atoms with E-state index in [9.17, 15) is 0 Å². The van der Waals surface area contributed by atoms with Crippen LogP contribution in [0, 0.1) is 0 Å². The number of hydrogen-bond acceptors (Lipinski definition) is 2. The first-order valence-corrected chi connectivity index (χ1v) is 7.33. The number of rotatable bonds is 5. The van der Waals surface area contributed by atoms with Gasteiger partial charge in [0, 0.05) is 31.2 Å². The smallest absolute Gasteiger partial charge is 0.0209 e. The zero-order valence-electron chi connectivity index (χ0n) is 11.0. The minimum Gasteiger partial charge on any atom is -0.310 e.